The number of aliphatic hydroxyl groups excluding tert-OH is 2. The second-order valence-corrected chi connectivity index (χ2v) is 5.35. The quantitative estimate of drug-likeness (QED) is 0.464. The van der Waals surface area contributed by atoms with Crippen molar-refractivity contribution in [2.45, 2.75) is 12.5 Å². The summed E-state index contributed by atoms with van der Waals surface area (Å²) in [5, 5.41) is 34.0. The zero-order valence-corrected chi connectivity index (χ0v) is 14.3. The summed E-state index contributed by atoms with van der Waals surface area (Å²) in [5.74, 6) is -1.77. The Morgan fingerprint density at radius 1 is 1.12 bits per heavy atom. The molecule has 0 saturated heterocycles. The average Bonchev–Trinajstić information content (AvgIpc) is 2.52. The van der Waals surface area contributed by atoms with Crippen molar-refractivity contribution < 1.29 is 34.8 Å². The molecule has 25 heavy (non-hydrogen) atoms. The van der Waals surface area contributed by atoms with E-state index < -0.39 is 18.0 Å². The Labute approximate surface area is 146 Å². The topological polar surface area (TPSA) is 128 Å². The van der Waals surface area contributed by atoms with Crippen LogP contribution in [0.15, 0.2) is 36.4 Å². The number of carboxylic acids is 2. The zero-order valence-electron chi connectivity index (χ0n) is 14.3. The SMILES string of the molecule is CN(C)CC(O)COc1ccc(CCO)cc1.O=C(O)C=CC(=O)O. The van der Waals surface area contributed by atoms with Gasteiger partial charge in [0.15, 0.2) is 0 Å². The number of ether oxygens (including phenoxy) is 1. The van der Waals surface area contributed by atoms with E-state index >= 15 is 0 Å². The molecule has 1 unspecified atom stereocenters. The maximum Gasteiger partial charge on any atom is 0.328 e. The van der Waals surface area contributed by atoms with Crippen molar-refractivity contribution in [3.63, 3.8) is 0 Å². The first-order valence-corrected chi connectivity index (χ1v) is 7.54. The largest absolute Gasteiger partial charge is 0.491 e. The minimum absolute atomic E-state index is 0.155. The molecule has 8 nitrogen and oxygen atoms in total. The number of likely N-dealkylation sites (N-methyl/N-ethyl adjacent to an activating group) is 1. The molecule has 0 bridgehead atoms. The van der Waals surface area contributed by atoms with Gasteiger partial charge in [0.25, 0.3) is 0 Å². The minimum atomic E-state index is -1.26. The van der Waals surface area contributed by atoms with Crippen molar-refractivity contribution in [1.29, 1.82) is 0 Å². The van der Waals surface area contributed by atoms with Crippen LogP contribution >= 0.6 is 0 Å². The summed E-state index contributed by atoms with van der Waals surface area (Å²) in [6.45, 7) is 1.03. The van der Waals surface area contributed by atoms with Crippen LogP contribution in [0.5, 0.6) is 5.75 Å². The Hall–Kier alpha value is -2.42. The molecule has 1 aromatic carbocycles. The van der Waals surface area contributed by atoms with Gasteiger partial charge in [0.1, 0.15) is 18.5 Å². The van der Waals surface area contributed by atoms with Gasteiger partial charge in [-0.25, -0.2) is 9.59 Å². The maximum absolute atomic E-state index is 9.62. The van der Waals surface area contributed by atoms with Crippen molar-refractivity contribution >= 4 is 11.9 Å². The van der Waals surface area contributed by atoms with Crippen molar-refractivity contribution in [1.82, 2.24) is 4.90 Å². The molecule has 0 aliphatic carbocycles. The second kappa shape index (κ2) is 12.9. The highest BCUT2D eigenvalue weighted by Gasteiger charge is 2.06. The normalized spacial score (nSPS) is 11.7. The van der Waals surface area contributed by atoms with Crippen molar-refractivity contribution in [2.75, 3.05) is 33.9 Å². The number of hydrogen-bond donors (Lipinski definition) is 4. The van der Waals surface area contributed by atoms with E-state index in [1.54, 1.807) is 0 Å². The number of aliphatic hydroxyl groups is 2. The molecule has 0 spiro atoms. The van der Waals surface area contributed by atoms with Gasteiger partial charge in [-0.15, -0.1) is 0 Å². The third kappa shape index (κ3) is 13.7. The lowest BCUT2D eigenvalue weighted by molar-refractivity contribution is -0.134. The lowest BCUT2D eigenvalue weighted by Crippen LogP contribution is -2.30. The number of hydrogen-bond acceptors (Lipinski definition) is 6. The van der Waals surface area contributed by atoms with Crippen LogP contribution in [-0.4, -0.2) is 77.2 Å². The summed E-state index contributed by atoms with van der Waals surface area (Å²) in [6, 6.07) is 7.55. The van der Waals surface area contributed by atoms with Crippen molar-refractivity contribution in [3.05, 3.63) is 42.0 Å². The van der Waals surface area contributed by atoms with E-state index in [1.807, 2.05) is 43.3 Å². The number of aliphatic carboxylic acids is 2. The second-order valence-electron chi connectivity index (χ2n) is 5.35. The van der Waals surface area contributed by atoms with Crippen LogP contribution < -0.4 is 4.74 Å². The van der Waals surface area contributed by atoms with Gasteiger partial charge in [-0.1, -0.05) is 12.1 Å². The fourth-order valence-electron chi connectivity index (χ4n) is 1.69. The Morgan fingerprint density at radius 3 is 2.04 bits per heavy atom. The number of benzene rings is 1. The smallest absolute Gasteiger partial charge is 0.328 e. The van der Waals surface area contributed by atoms with Crippen LogP contribution in [0, 0.1) is 0 Å². The van der Waals surface area contributed by atoms with Gasteiger partial charge < -0.3 is 30.1 Å². The first kappa shape index (κ1) is 22.6. The van der Waals surface area contributed by atoms with Gasteiger partial charge in [0, 0.05) is 25.3 Å². The molecule has 1 aromatic rings. The Morgan fingerprint density at radius 2 is 1.64 bits per heavy atom. The van der Waals surface area contributed by atoms with E-state index in [2.05, 4.69) is 0 Å². The van der Waals surface area contributed by atoms with E-state index in [1.165, 1.54) is 0 Å². The highest BCUT2D eigenvalue weighted by Crippen LogP contribution is 2.12. The molecule has 4 N–H and O–H groups in total. The molecule has 0 heterocycles. The van der Waals surface area contributed by atoms with Crippen molar-refractivity contribution in [2.24, 2.45) is 0 Å². The molecule has 0 amide bonds. The first-order valence-electron chi connectivity index (χ1n) is 7.54. The Balaban J connectivity index is 0.000000609. The van der Waals surface area contributed by atoms with E-state index in [9.17, 15) is 14.7 Å². The molecular formula is C17H25NO7. The van der Waals surface area contributed by atoms with Gasteiger partial charge in [0.05, 0.1) is 0 Å². The standard InChI is InChI=1S/C13H21NO3.C4H4O4/c1-14(2)9-12(16)10-17-13-5-3-11(4-6-13)7-8-15;5-3(6)1-2-4(7)8/h3-6,12,15-16H,7-10H2,1-2H3;1-2H,(H,5,6)(H,7,8). The predicted molar refractivity (Wildman–Crippen MR) is 91.7 cm³/mol. The molecule has 0 aromatic heterocycles. The van der Waals surface area contributed by atoms with Crippen LogP contribution in [0.3, 0.4) is 0 Å². The number of nitrogens with zero attached hydrogens (tertiary/aromatic N) is 1. The van der Waals surface area contributed by atoms with Gasteiger partial charge in [0.2, 0.25) is 0 Å². The van der Waals surface area contributed by atoms with Gasteiger partial charge in [-0.2, -0.15) is 0 Å². The monoisotopic (exact) mass is 355 g/mol. The zero-order chi connectivity index (χ0) is 19.2. The predicted octanol–water partition coefficient (Wildman–Crippen LogP) is 0.235. The van der Waals surface area contributed by atoms with Crippen molar-refractivity contribution in [3.8, 4) is 5.75 Å². The minimum Gasteiger partial charge on any atom is -0.491 e. The molecule has 8 heteroatoms. The van der Waals surface area contributed by atoms with E-state index in [4.69, 9.17) is 20.1 Å². The molecular weight excluding hydrogens is 330 g/mol. The maximum atomic E-state index is 9.62. The van der Waals surface area contributed by atoms with E-state index in [0.717, 1.165) is 11.3 Å². The average molecular weight is 355 g/mol. The van der Waals surface area contributed by atoms with Crippen LogP contribution in [0.25, 0.3) is 0 Å². The Kier molecular flexibility index (Phi) is 11.7. The third-order valence-corrected chi connectivity index (χ3v) is 2.71. The lowest BCUT2D eigenvalue weighted by atomic mass is 10.1. The molecule has 0 radical (unpaired) electrons. The molecule has 0 saturated carbocycles. The molecule has 0 aliphatic heterocycles. The fourth-order valence-corrected chi connectivity index (χ4v) is 1.69. The number of rotatable bonds is 9. The lowest BCUT2D eigenvalue weighted by Gasteiger charge is -2.16. The van der Waals surface area contributed by atoms with Crippen LogP contribution in [0.4, 0.5) is 0 Å². The summed E-state index contributed by atoms with van der Waals surface area (Å²) in [5.41, 5.74) is 1.08. The third-order valence-electron chi connectivity index (χ3n) is 2.71. The van der Waals surface area contributed by atoms with Crippen LogP contribution in [0.1, 0.15) is 5.56 Å². The molecule has 1 atom stereocenters. The first-order chi connectivity index (χ1) is 11.7. The summed E-state index contributed by atoms with van der Waals surface area (Å²) < 4.78 is 5.46. The highest BCUT2D eigenvalue weighted by atomic mass is 16.5. The molecule has 140 valence electrons. The summed E-state index contributed by atoms with van der Waals surface area (Å²) >= 11 is 0. The van der Waals surface area contributed by atoms with Gasteiger partial charge in [-0.3, -0.25) is 0 Å². The number of carboxylic acid groups (broad SMARTS) is 2. The van der Waals surface area contributed by atoms with Crippen LogP contribution in [-0.2, 0) is 16.0 Å². The van der Waals surface area contributed by atoms with Gasteiger partial charge in [-0.05, 0) is 38.2 Å². The fraction of sp³-hybridized carbons (Fsp3) is 0.412. The highest BCUT2D eigenvalue weighted by molar-refractivity contribution is 5.89. The molecule has 1 rings (SSSR count). The Bertz CT molecular complexity index is 524. The van der Waals surface area contributed by atoms with E-state index in [-0.39, 0.29) is 13.2 Å². The number of carbonyl (C=O) groups is 2. The summed E-state index contributed by atoms with van der Waals surface area (Å²) in [4.78, 5) is 21.0. The van der Waals surface area contributed by atoms with Gasteiger partial charge >= 0.3 is 11.9 Å². The summed E-state index contributed by atoms with van der Waals surface area (Å²) in [6.07, 6.45) is 1.29. The van der Waals surface area contributed by atoms with Crippen LogP contribution in [0.2, 0.25) is 0 Å². The molecule has 0 aliphatic rings. The summed E-state index contributed by atoms with van der Waals surface area (Å²) in [7, 11) is 3.82. The molecule has 0 fully saturated rings. The van der Waals surface area contributed by atoms with E-state index in [0.29, 0.717) is 25.1 Å².